The van der Waals surface area contributed by atoms with E-state index in [2.05, 4.69) is 17.4 Å². The van der Waals surface area contributed by atoms with Crippen LogP contribution < -0.4 is 15.6 Å². The molecule has 32 heavy (non-hydrogen) atoms. The molecule has 170 valence electrons. The smallest absolute Gasteiger partial charge is 0.242 e. The van der Waals surface area contributed by atoms with Crippen LogP contribution in [0.5, 0.6) is 11.5 Å². The molecule has 2 aliphatic heterocycles. The highest BCUT2D eigenvalue weighted by atomic mass is 16.5. The molecule has 3 N–H and O–H groups in total. The molecule has 0 radical (unpaired) electrons. The Bertz CT molecular complexity index is 950. The quantitative estimate of drug-likeness (QED) is 0.391. The van der Waals surface area contributed by atoms with Crippen LogP contribution in [-0.2, 0) is 9.53 Å². The normalized spacial score (nSPS) is 24.5. The zero-order chi connectivity index (χ0) is 22.5. The first-order valence-corrected chi connectivity index (χ1v) is 11.2. The lowest BCUT2D eigenvalue weighted by molar-refractivity contribution is -0.131. The van der Waals surface area contributed by atoms with E-state index in [4.69, 9.17) is 9.47 Å². The Labute approximate surface area is 189 Å². The second-order valence-electron chi connectivity index (χ2n) is 8.08. The molecule has 2 aliphatic rings. The number of amides is 1. The third-order valence-electron chi connectivity index (χ3n) is 6.14. The van der Waals surface area contributed by atoms with Crippen molar-refractivity contribution in [1.29, 1.82) is 0 Å². The summed E-state index contributed by atoms with van der Waals surface area (Å²) in [4.78, 5) is 15.4. The highest BCUT2D eigenvalue weighted by Gasteiger charge is 2.55. The number of phenolic OH excluding ortho intramolecular Hbond substituents is 1. The van der Waals surface area contributed by atoms with Crippen LogP contribution in [0.1, 0.15) is 36.6 Å². The van der Waals surface area contributed by atoms with Crippen LogP contribution in [0, 0.1) is 5.92 Å². The molecule has 0 spiro atoms. The van der Waals surface area contributed by atoms with Gasteiger partial charge in [-0.05, 0) is 37.1 Å². The lowest BCUT2D eigenvalue weighted by Crippen LogP contribution is -2.41. The Hall–Kier alpha value is -2.87. The molecular formula is C25H31N3O4. The first kappa shape index (κ1) is 22.3. The van der Waals surface area contributed by atoms with Crippen molar-refractivity contribution in [3.8, 4) is 11.5 Å². The van der Waals surface area contributed by atoms with Gasteiger partial charge in [0.1, 0.15) is 24.1 Å². The molecule has 0 saturated carbocycles. The second-order valence-corrected chi connectivity index (χ2v) is 8.08. The van der Waals surface area contributed by atoms with Crippen molar-refractivity contribution >= 4 is 5.91 Å². The van der Waals surface area contributed by atoms with Crippen LogP contribution in [-0.4, -0.2) is 48.3 Å². The molecule has 0 aliphatic carbocycles. The number of carbonyl (C=O) groups is 1. The Morgan fingerprint density at radius 1 is 1.16 bits per heavy atom. The van der Waals surface area contributed by atoms with Gasteiger partial charge in [-0.1, -0.05) is 43.0 Å². The van der Waals surface area contributed by atoms with E-state index in [-0.39, 0.29) is 35.7 Å². The van der Waals surface area contributed by atoms with Crippen LogP contribution in [0.15, 0.2) is 61.2 Å². The lowest BCUT2D eigenvalue weighted by atomic mass is 9.83. The molecule has 2 fully saturated rings. The van der Waals surface area contributed by atoms with Crippen molar-refractivity contribution in [1.82, 2.24) is 15.8 Å². The van der Waals surface area contributed by atoms with Gasteiger partial charge in [0.2, 0.25) is 5.91 Å². The second kappa shape index (κ2) is 10.2. The third kappa shape index (κ3) is 4.37. The van der Waals surface area contributed by atoms with Crippen molar-refractivity contribution in [3.05, 3.63) is 72.3 Å². The van der Waals surface area contributed by atoms with Crippen LogP contribution in [0.2, 0.25) is 0 Å². The monoisotopic (exact) mass is 437 g/mol. The van der Waals surface area contributed by atoms with Gasteiger partial charge in [0.25, 0.3) is 0 Å². The maximum atomic E-state index is 13.4. The number of carbonyl (C=O) groups excluding carboxylic acids is 1. The highest BCUT2D eigenvalue weighted by Crippen LogP contribution is 2.48. The van der Waals surface area contributed by atoms with E-state index in [9.17, 15) is 9.90 Å². The number of nitrogens with zero attached hydrogens (tertiary/aromatic N) is 1. The number of aromatic hydroxyl groups is 1. The molecule has 2 heterocycles. The summed E-state index contributed by atoms with van der Waals surface area (Å²) in [5.74, 6) is 0.916. The minimum atomic E-state index is -0.380. The number of likely N-dealkylation sites (tertiary alicyclic amines) is 1. The fourth-order valence-corrected chi connectivity index (χ4v) is 4.79. The van der Waals surface area contributed by atoms with Crippen molar-refractivity contribution < 1.29 is 19.4 Å². The average Bonchev–Trinajstić information content (AvgIpc) is 3.35. The number of nitrogens with one attached hydrogen (secondary N) is 2. The van der Waals surface area contributed by atoms with E-state index in [1.54, 1.807) is 18.2 Å². The van der Waals surface area contributed by atoms with Gasteiger partial charge in [-0.2, -0.15) is 0 Å². The number of rotatable bonds is 10. The van der Waals surface area contributed by atoms with E-state index >= 15 is 0 Å². The Balaban J connectivity index is 1.69. The zero-order valence-corrected chi connectivity index (χ0v) is 18.4. The molecule has 4 unspecified atom stereocenters. The summed E-state index contributed by atoms with van der Waals surface area (Å²) < 4.78 is 11.3. The number of fused-ring (bicyclic) bond motifs is 1. The summed E-state index contributed by atoms with van der Waals surface area (Å²) >= 11 is 0. The molecule has 2 aromatic rings. The van der Waals surface area contributed by atoms with Gasteiger partial charge < -0.3 is 19.5 Å². The molecule has 2 aromatic carbocycles. The largest absolute Gasteiger partial charge is 0.508 e. The molecule has 7 heteroatoms. The molecule has 4 rings (SSSR count). The van der Waals surface area contributed by atoms with E-state index in [0.717, 1.165) is 23.3 Å². The topological polar surface area (TPSA) is 83.1 Å². The predicted molar refractivity (Wildman–Crippen MR) is 122 cm³/mol. The number of phenols is 1. The standard InChI is InChI=1S/C25H31N3O4/c1-3-14-32-18-10-7-9-17(16-18)24-21-22(19-11-5-6-12-20(19)29)26-27-23(21)25(30)28(24)13-8-15-31-4-2/h3,5-7,9-12,16,21-24,26-27,29H,1,4,8,13-15H2,2H3. The van der Waals surface area contributed by atoms with Crippen LogP contribution >= 0.6 is 0 Å². The summed E-state index contributed by atoms with van der Waals surface area (Å²) in [6, 6.07) is 14.4. The van der Waals surface area contributed by atoms with E-state index in [1.807, 2.05) is 48.2 Å². The summed E-state index contributed by atoms with van der Waals surface area (Å²) in [5, 5.41) is 10.5. The molecular weight excluding hydrogens is 406 g/mol. The molecule has 0 aromatic heterocycles. The molecule has 2 saturated heterocycles. The number of ether oxygens (including phenoxy) is 2. The van der Waals surface area contributed by atoms with Gasteiger partial charge in [-0.3, -0.25) is 4.79 Å². The van der Waals surface area contributed by atoms with Crippen LogP contribution in [0.25, 0.3) is 0 Å². The van der Waals surface area contributed by atoms with Gasteiger partial charge in [0.05, 0.1) is 12.1 Å². The van der Waals surface area contributed by atoms with Crippen LogP contribution in [0.4, 0.5) is 0 Å². The first-order valence-electron chi connectivity index (χ1n) is 11.2. The van der Waals surface area contributed by atoms with Crippen molar-refractivity contribution in [2.45, 2.75) is 31.5 Å². The van der Waals surface area contributed by atoms with Crippen LogP contribution in [0.3, 0.4) is 0 Å². The fourth-order valence-electron chi connectivity index (χ4n) is 4.79. The molecule has 4 atom stereocenters. The van der Waals surface area contributed by atoms with Gasteiger partial charge in [0.15, 0.2) is 0 Å². The number of hydrazine groups is 1. The van der Waals surface area contributed by atoms with E-state index < -0.39 is 0 Å². The van der Waals surface area contributed by atoms with Gasteiger partial charge in [0, 0.05) is 31.2 Å². The molecule has 1 amide bonds. The highest BCUT2D eigenvalue weighted by molar-refractivity contribution is 5.86. The van der Waals surface area contributed by atoms with Crippen molar-refractivity contribution in [2.75, 3.05) is 26.4 Å². The zero-order valence-electron chi connectivity index (χ0n) is 18.4. The van der Waals surface area contributed by atoms with Crippen molar-refractivity contribution in [3.63, 3.8) is 0 Å². The van der Waals surface area contributed by atoms with Gasteiger partial charge in [-0.15, -0.1) is 0 Å². The minimum absolute atomic E-state index is 0.0549. The summed E-state index contributed by atoms with van der Waals surface area (Å²) in [7, 11) is 0. The molecule has 7 nitrogen and oxygen atoms in total. The summed E-state index contributed by atoms with van der Waals surface area (Å²) in [6.07, 6.45) is 2.47. The number of hydrogen-bond donors (Lipinski definition) is 3. The Morgan fingerprint density at radius 3 is 2.75 bits per heavy atom. The predicted octanol–water partition coefficient (Wildman–Crippen LogP) is 3.10. The average molecular weight is 438 g/mol. The van der Waals surface area contributed by atoms with Gasteiger partial charge >= 0.3 is 0 Å². The van der Waals surface area contributed by atoms with E-state index in [0.29, 0.717) is 26.4 Å². The van der Waals surface area contributed by atoms with Gasteiger partial charge in [-0.25, -0.2) is 10.9 Å². The number of para-hydroxylation sites is 1. The number of hydrogen-bond acceptors (Lipinski definition) is 6. The van der Waals surface area contributed by atoms with E-state index in [1.165, 1.54) is 0 Å². The maximum Gasteiger partial charge on any atom is 0.242 e. The first-order chi connectivity index (χ1) is 15.7. The SMILES string of the molecule is C=CCOc1cccc(C2C3C(NNC3c3ccccc3O)C(=O)N2CCCOCC)c1. The number of benzene rings is 2. The fraction of sp³-hybridized carbons (Fsp3) is 0.400. The summed E-state index contributed by atoms with van der Waals surface area (Å²) in [6.45, 7) is 7.97. The van der Waals surface area contributed by atoms with Crippen molar-refractivity contribution in [2.24, 2.45) is 5.92 Å². The lowest BCUT2D eigenvalue weighted by Gasteiger charge is -2.31. The minimum Gasteiger partial charge on any atom is -0.508 e. The Kier molecular flexibility index (Phi) is 7.09. The molecule has 0 bridgehead atoms. The Morgan fingerprint density at radius 2 is 1.97 bits per heavy atom. The summed E-state index contributed by atoms with van der Waals surface area (Å²) in [5.41, 5.74) is 8.25. The maximum absolute atomic E-state index is 13.4. The third-order valence-corrected chi connectivity index (χ3v) is 6.14.